The summed E-state index contributed by atoms with van der Waals surface area (Å²) in [5.41, 5.74) is -1.02. The molecule has 2 heterocycles. The minimum absolute atomic E-state index is 0.124. The summed E-state index contributed by atoms with van der Waals surface area (Å²) in [5.74, 6) is 0.125. The van der Waals surface area contributed by atoms with E-state index in [2.05, 4.69) is 10.6 Å². The maximum absolute atomic E-state index is 13.3. The number of rotatable bonds is 7. The van der Waals surface area contributed by atoms with Crippen molar-refractivity contribution in [1.29, 1.82) is 0 Å². The van der Waals surface area contributed by atoms with Crippen molar-refractivity contribution >= 4 is 17.7 Å². The number of carbonyl (C=O) groups excluding carboxylic acids is 3. The smallest absolute Gasteiger partial charge is 0.246 e. The van der Waals surface area contributed by atoms with Gasteiger partial charge in [-0.15, -0.1) is 0 Å². The van der Waals surface area contributed by atoms with Crippen molar-refractivity contribution < 1.29 is 18.8 Å². The Bertz CT molecular complexity index is 697. The van der Waals surface area contributed by atoms with E-state index in [4.69, 9.17) is 4.42 Å². The Labute approximate surface area is 166 Å². The van der Waals surface area contributed by atoms with Gasteiger partial charge in [0, 0.05) is 12.5 Å². The Kier molecular flexibility index (Phi) is 6.42. The Morgan fingerprint density at radius 1 is 1.29 bits per heavy atom. The lowest BCUT2D eigenvalue weighted by Gasteiger charge is -2.41. The summed E-state index contributed by atoms with van der Waals surface area (Å²) in [6.07, 6.45) is 8.24. The average Bonchev–Trinajstić information content (AvgIpc) is 3.37. The van der Waals surface area contributed by atoms with Crippen molar-refractivity contribution in [1.82, 2.24) is 15.5 Å². The van der Waals surface area contributed by atoms with Crippen molar-refractivity contribution in [2.75, 3.05) is 0 Å². The van der Waals surface area contributed by atoms with Gasteiger partial charge in [-0.05, 0) is 44.7 Å². The third-order valence-corrected chi connectivity index (χ3v) is 6.17. The molecule has 2 aliphatic rings. The van der Waals surface area contributed by atoms with Gasteiger partial charge in [0.05, 0.1) is 12.8 Å². The van der Waals surface area contributed by atoms with Gasteiger partial charge in [-0.25, -0.2) is 0 Å². The molecule has 3 rings (SSSR count). The van der Waals surface area contributed by atoms with Crippen LogP contribution in [0.15, 0.2) is 22.8 Å². The fraction of sp³-hybridized carbons (Fsp3) is 0.667. The maximum Gasteiger partial charge on any atom is 0.246 e. The lowest BCUT2D eigenvalue weighted by atomic mass is 9.90. The van der Waals surface area contributed by atoms with E-state index in [9.17, 15) is 14.4 Å². The van der Waals surface area contributed by atoms with Crippen LogP contribution in [0.1, 0.15) is 71.0 Å². The van der Waals surface area contributed by atoms with Crippen LogP contribution in [0.3, 0.4) is 0 Å². The summed E-state index contributed by atoms with van der Waals surface area (Å²) >= 11 is 0. The molecule has 154 valence electrons. The number of hydrogen-bond donors (Lipinski definition) is 2. The molecule has 0 bridgehead atoms. The normalized spacial score (nSPS) is 22.4. The summed E-state index contributed by atoms with van der Waals surface area (Å²) in [4.78, 5) is 39.8. The number of hydrogen-bond acceptors (Lipinski definition) is 4. The molecule has 7 nitrogen and oxygen atoms in total. The van der Waals surface area contributed by atoms with Gasteiger partial charge in [-0.2, -0.15) is 0 Å². The molecule has 1 saturated heterocycles. The zero-order chi connectivity index (χ0) is 20.1. The fourth-order valence-corrected chi connectivity index (χ4v) is 4.10. The van der Waals surface area contributed by atoms with Crippen LogP contribution in [0.5, 0.6) is 0 Å². The van der Waals surface area contributed by atoms with E-state index in [1.54, 1.807) is 23.3 Å². The molecule has 28 heavy (non-hydrogen) atoms. The topological polar surface area (TPSA) is 91.7 Å². The molecule has 3 amide bonds. The summed E-state index contributed by atoms with van der Waals surface area (Å²) in [6.45, 7) is 3.92. The molecule has 7 heteroatoms. The molecule has 0 aromatic carbocycles. The van der Waals surface area contributed by atoms with Crippen molar-refractivity contribution in [2.24, 2.45) is 0 Å². The van der Waals surface area contributed by atoms with E-state index < -0.39 is 11.6 Å². The molecule has 1 aromatic rings. The summed E-state index contributed by atoms with van der Waals surface area (Å²) in [7, 11) is 0. The van der Waals surface area contributed by atoms with Gasteiger partial charge in [0.2, 0.25) is 17.7 Å². The molecule has 0 spiro atoms. The first kappa shape index (κ1) is 20.4. The van der Waals surface area contributed by atoms with Crippen molar-refractivity contribution in [3.63, 3.8) is 0 Å². The van der Waals surface area contributed by atoms with Crippen LogP contribution in [0.4, 0.5) is 0 Å². The van der Waals surface area contributed by atoms with Crippen LogP contribution >= 0.6 is 0 Å². The molecule has 2 N–H and O–H groups in total. The van der Waals surface area contributed by atoms with Gasteiger partial charge >= 0.3 is 0 Å². The van der Waals surface area contributed by atoms with Gasteiger partial charge in [-0.1, -0.05) is 26.2 Å². The average molecular weight is 389 g/mol. The highest BCUT2D eigenvalue weighted by Crippen LogP contribution is 2.27. The van der Waals surface area contributed by atoms with E-state index in [-0.39, 0.29) is 30.3 Å². The highest BCUT2D eigenvalue weighted by Gasteiger charge is 2.44. The molecule has 1 aromatic heterocycles. The number of nitrogens with zero attached hydrogens (tertiary/aromatic N) is 1. The second-order valence-corrected chi connectivity index (χ2v) is 8.10. The van der Waals surface area contributed by atoms with E-state index in [1.807, 2.05) is 13.8 Å². The van der Waals surface area contributed by atoms with E-state index in [0.717, 1.165) is 25.7 Å². The predicted octanol–water partition coefficient (Wildman–Crippen LogP) is 2.50. The Morgan fingerprint density at radius 3 is 2.61 bits per heavy atom. The van der Waals surface area contributed by atoms with Gasteiger partial charge in [-0.3, -0.25) is 14.4 Å². The maximum atomic E-state index is 13.3. The van der Waals surface area contributed by atoms with Crippen LogP contribution in [0, 0.1) is 0 Å². The number of nitrogens with one attached hydrogen (secondary N) is 2. The second kappa shape index (κ2) is 8.80. The minimum Gasteiger partial charge on any atom is -0.467 e. The highest BCUT2D eigenvalue weighted by atomic mass is 16.3. The van der Waals surface area contributed by atoms with Crippen LogP contribution in [-0.2, 0) is 20.9 Å². The Morgan fingerprint density at radius 2 is 2.04 bits per heavy atom. The van der Waals surface area contributed by atoms with Gasteiger partial charge in [0.25, 0.3) is 0 Å². The third-order valence-electron chi connectivity index (χ3n) is 6.17. The van der Waals surface area contributed by atoms with E-state index >= 15 is 0 Å². The minimum atomic E-state index is -1.02. The van der Waals surface area contributed by atoms with Crippen molar-refractivity contribution in [3.8, 4) is 0 Å². The predicted molar refractivity (Wildman–Crippen MR) is 104 cm³/mol. The summed E-state index contributed by atoms with van der Waals surface area (Å²) in [5, 5.41) is 5.91. The zero-order valence-electron chi connectivity index (χ0n) is 16.8. The van der Waals surface area contributed by atoms with E-state index in [0.29, 0.717) is 25.0 Å². The van der Waals surface area contributed by atoms with Crippen LogP contribution < -0.4 is 10.6 Å². The van der Waals surface area contributed by atoms with E-state index in [1.165, 1.54) is 6.42 Å². The lowest BCUT2D eigenvalue weighted by molar-refractivity contribution is -0.150. The van der Waals surface area contributed by atoms with Crippen LogP contribution in [0.2, 0.25) is 0 Å². The quantitative estimate of drug-likeness (QED) is 0.749. The molecule has 2 fully saturated rings. The highest BCUT2D eigenvalue weighted by molar-refractivity contribution is 5.95. The summed E-state index contributed by atoms with van der Waals surface area (Å²) < 4.78 is 5.45. The second-order valence-electron chi connectivity index (χ2n) is 8.10. The third kappa shape index (κ3) is 4.39. The zero-order valence-corrected chi connectivity index (χ0v) is 16.8. The summed E-state index contributed by atoms with van der Waals surface area (Å²) in [6, 6.07) is 3.14. The fourth-order valence-electron chi connectivity index (χ4n) is 4.10. The molecule has 1 saturated carbocycles. The number of furan rings is 1. The van der Waals surface area contributed by atoms with Gasteiger partial charge < -0.3 is 20.0 Å². The van der Waals surface area contributed by atoms with Crippen molar-refractivity contribution in [2.45, 2.75) is 89.4 Å². The molecule has 2 unspecified atom stereocenters. The molecule has 0 radical (unpaired) electrons. The molecule has 1 aliphatic heterocycles. The molecular formula is C21H31N3O4. The first-order valence-electron chi connectivity index (χ1n) is 10.4. The van der Waals surface area contributed by atoms with Gasteiger partial charge in [0.15, 0.2) is 0 Å². The monoisotopic (exact) mass is 389 g/mol. The largest absolute Gasteiger partial charge is 0.467 e. The molecule has 1 aliphatic carbocycles. The number of carbonyl (C=O) groups is 3. The SMILES string of the molecule is CCC(C)(C(=O)NC1CCCCC1)N(Cc1ccco1)C(=O)C1CCC(=O)N1. The Hall–Kier alpha value is -2.31. The first-order valence-corrected chi connectivity index (χ1v) is 10.4. The van der Waals surface area contributed by atoms with Crippen molar-refractivity contribution in [3.05, 3.63) is 24.2 Å². The Balaban J connectivity index is 1.82. The molecular weight excluding hydrogens is 358 g/mol. The van der Waals surface area contributed by atoms with Crippen LogP contribution in [-0.4, -0.2) is 40.2 Å². The standard InChI is InChI=1S/C21H31N3O4/c1-3-21(2,20(27)22-15-8-5-4-6-9-15)24(14-16-10-7-13-28-16)19(26)17-11-12-18(25)23-17/h7,10,13,15,17H,3-6,8-9,11-12,14H2,1-2H3,(H,22,27)(H,23,25). The number of amides is 3. The first-order chi connectivity index (χ1) is 13.4. The van der Waals surface area contributed by atoms with Gasteiger partial charge in [0.1, 0.15) is 17.3 Å². The van der Waals surface area contributed by atoms with Crippen LogP contribution in [0.25, 0.3) is 0 Å². The lowest BCUT2D eigenvalue weighted by Crippen LogP contribution is -2.62. The molecule has 2 atom stereocenters.